The molecule has 23 heavy (non-hydrogen) atoms. The van der Waals surface area contributed by atoms with Gasteiger partial charge in [0.25, 0.3) is 0 Å². The predicted molar refractivity (Wildman–Crippen MR) is 90.7 cm³/mol. The number of hydrogen-bond acceptors (Lipinski definition) is 8. The van der Waals surface area contributed by atoms with Crippen LogP contribution in [0, 0.1) is 0 Å². The van der Waals surface area contributed by atoms with Crippen molar-refractivity contribution in [3.05, 3.63) is 29.2 Å². The third kappa shape index (κ3) is 4.66. The van der Waals surface area contributed by atoms with Crippen LogP contribution < -0.4 is 5.73 Å². The van der Waals surface area contributed by atoms with Crippen LogP contribution in [0.3, 0.4) is 0 Å². The Morgan fingerprint density at radius 3 is 3.09 bits per heavy atom. The number of hydrogen-bond donors (Lipinski definition) is 1. The maximum atomic E-state index is 5.73. The second-order valence-corrected chi connectivity index (χ2v) is 6.68. The van der Waals surface area contributed by atoms with E-state index in [0.717, 1.165) is 44.1 Å². The van der Waals surface area contributed by atoms with Crippen LogP contribution in [0.25, 0.3) is 0 Å². The van der Waals surface area contributed by atoms with Gasteiger partial charge in [-0.1, -0.05) is 4.49 Å². The molecule has 0 aliphatic carbocycles. The number of likely N-dealkylation sites (tertiary alicyclic amines) is 1. The standard InChI is InChI=1S/C15H23N7S/c1-21(10-15-17-6-4-14(16)18-15)13-3-2-7-22(8-5-13)9-12-11-23-20-19-12/h4,6,11,13H,2-3,5,7-10H2,1H3,(H2,16,17,18). The molecule has 8 heteroatoms. The topological polar surface area (TPSA) is 84.1 Å². The molecule has 0 aromatic carbocycles. The Kier molecular flexibility index (Phi) is 5.47. The van der Waals surface area contributed by atoms with Crippen molar-refractivity contribution in [2.75, 3.05) is 25.9 Å². The van der Waals surface area contributed by atoms with Crippen LogP contribution in [-0.4, -0.2) is 55.5 Å². The molecule has 0 saturated carbocycles. The number of aromatic nitrogens is 4. The summed E-state index contributed by atoms with van der Waals surface area (Å²) in [5, 5.41) is 6.18. The zero-order chi connectivity index (χ0) is 16.1. The molecule has 0 bridgehead atoms. The number of nitrogens with zero attached hydrogens (tertiary/aromatic N) is 6. The lowest BCUT2D eigenvalue weighted by molar-refractivity contribution is 0.202. The molecule has 124 valence electrons. The molecule has 2 aromatic heterocycles. The summed E-state index contributed by atoms with van der Waals surface area (Å²) in [6.45, 7) is 3.86. The van der Waals surface area contributed by atoms with Crippen LogP contribution in [0.5, 0.6) is 0 Å². The highest BCUT2D eigenvalue weighted by atomic mass is 32.1. The molecule has 0 radical (unpaired) electrons. The first kappa shape index (κ1) is 16.2. The van der Waals surface area contributed by atoms with Gasteiger partial charge in [-0.15, -0.1) is 5.10 Å². The molecular weight excluding hydrogens is 310 g/mol. The maximum Gasteiger partial charge on any atom is 0.144 e. The van der Waals surface area contributed by atoms with Crippen molar-refractivity contribution in [1.29, 1.82) is 0 Å². The second kappa shape index (κ2) is 7.76. The molecule has 3 rings (SSSR count). The van der Waals surface area contributed by atoms with E-state index in [2.05, 4.69) is 36.4 Å². The van der Waals surface area contributed by atoms with Crippen molar-refractivity contribution in [1.82, 2.24) is 29.4 Å². The first-order chi connectivity index (χ1) is 11.2. The van der Waals surface area contributed by atoms with E-state index in [0.29, 0.717) is 11.9 Å². The lowest BCUT2D eigenvalue weighted by Crippen LogP contribution is -2.33. The Hall–Kier alpha value is -1.64. The highest BCUT2D eigenvalue weighted by Crippen LogP contribution is 2.18. The summed E-state index contributed by atoms with van der Waals surface area (Å²) >= 11 is 1.42. The van der Waals surface area contributed by atoms with Gasteiger partial charge in [-0.2, -0.15) is 0 Å². The minimum absolute atomic E-state index is 0.535. The minimum atomic E-state index is 0.535. The van der Waals surface area contributed by atoms with Gasteiger partial charge in [0, 0.05) is 30.7 Å². The normalized spacial score (nSPS) is 19.8. The zero-order valence-electron chi connectivity index (χ0n) is 13.4. The van der Waals surface area contributed by atoms with E-state index in [-0.39, 0.29) is 0 Å². The Bertz CT molecular complexity index is 604. The van der Waals surface area contributed by atoms with Gasteiger partial charge in [-0.25, -0.2) is 9.97 Å². The molecule has 7 nitrogen and oxygen atoms in total. The fraction of sp³-hybridized carbons (Fsp3) is 0.600. The Balaban J connectivity index is 1.52. The third-order valence-corrected chi connectivity index (χ3v) is 4.88. The van der Waals surface area contributed by atoms with Gasteiger partial charge >= 0.3 is 0 Å². The first-order valence-corrected chi connectivity index (χ1v) is 8.80. The van der Waals surface area contributed by atoms with Crippen LogP contribution in [0.4, 0.5) is 5.82 Å². The van der Waals surface area contributed by atoms with E-state index in [4.69, 9.17) is 5.73 Å². The summed E-state index contributed by atoms with van der Waals surface area (Å²) in [5.41, 5.74) is 6.81. The van der Waals surface area contributed by atoms with E-state index in [1.807, 2.05) is 5.38 Å². The van der Waals surface area contributed by atoms with Crippen molar-refractivity contribution >= 4 is 17.4 Å². The van der Waals surface area contributed by atoms with E-state index in [1.54, 1.807) is 12.3 Å². The fourth-order valence-corrected chi connectivity index (χ4v) is 3.50. The van der Waals surface area contributed by atoms with Gasteiger partial charge in [0.05, 0.1) is 12.2 Å². The van der Waals surface area contributed by atoms with Gasteiger partial charge in [0.15, 0.2) is 0 Å². The first-order valence-electron chi connectivity index (χ1n) is 7.96. The summed E-state index contributed by atoms with van der Waals surface area (Å²) in [6.07, 6.45) is 5.27. The van der Waals surface area contributed by atoms with Gasteiger partial charge in [-0.05, 0) is 50.5 Å². The molecule has 2 N–H and O–H groups in total. The summed E-state index contributed by atoms with van der Waals surface area (Å²) in [6, 6.07) is 2.28. The lowest BCUT2D eigenvalue weighted by Gasteiger charge is -2.26. The second-order valence-electron chi connectivity index (χ2n) is 6.07. The third-order valence-electron chi connectivity index (χ3n) is 4.32. The molecule has 1 fully saturated rings. The van der Waals surface area contributed by atoms with Gasteiger partial charge in [-0.3, -0.25) is 9.80 Å². The number of rotatable bonds is 5. The van der Waals surface area contributed by atoms with Crippen molar-refractivity contribution in [3.63, 3.8) is 0 Å². The summed E-state index contributed by atoms with van der Waals surface area (Å²) in [5.74, 6) is 1.33. The van der Waals surface area contributed by atoms with Crippen LogP contribution >= 0.6 is 11.5 Å². The Morgan fingerprint density at radius 1 is 1.39 bits per heavy atom. The van der Waals surface area contributed by atoms with E-state index < -0.39 is 0 Å². The van der Waals surface area contributed by atoms with Gasteiger partial charge in [0.1, 0.15) is 11.6 Å². The molecule has 0 spiro atoms. The summed E-state index contributed by atoms with van der Waals surface area (Å²) in [7, 11) is 2.15. The fourth-order valence-electron chi connectivity index (χ4n) is 3.06. The van der Waals surface area contributed by atoms with E-state index >= 15 is 0 Å². The van der Waals surface area contributed by atoms with Gasteiger partial charge in [0.2, 0.25) is 0 Å². The molecule has 1 aliphatic rings. The lowest BCUT2D eigenvalue weighted by atomic mass is 10.1. The molecule has 3 heterocycles. The van der Waals surface area contributed by atoms with Gasteiger partial charge < -0.3 is 5.73 Å². The molecule has 1 saturated heterocycles. The van der Waals surface area contributed by atoms with Crippen LogP contribution in [0.1, 0.15) is 30.8 Å². The predicted octanol–water partition coefficient (Wildman–Crippen LogP) is 1.40. The highest BCUT2D eigenvalue weighted by Gasteiger charge is 2.21. The minimum Gasteiger partial charge on any atom is -0.384 e. The van der Waals surface area contributed by atoms with E-state index in [1.165, 1.54) is 24.4 Å². The Labute approximate surface area is 140 Å². The monoisotopic (exact) mass is 333 g/mol. The SMILES string of the molecule is CN(Cc1nccc(N)n1)C1CCCN(Cc2csnn2)CC1. The molecular formula is C15H23N7S. The van der Waals surface area contributed by atoms with Crippen molar-refractivity contribution in [2.24, 2.45) is 0 Å². The Morgan fingerprint density at radius 2 is 2.30 bits per heavy atom. The smallest absolute Gasteiger partial charge is 0.144 e. The average Bonchev–Trinajstić information content (AvgIpc) is 2.91. The van der Waals surface area contributed by atoms with Crippen LogP contribution in [0.15, 0.2) is 17.6 Å². The number of nitrogens with two attached hydrogens (primary N) is 1. The average molecular weight is 333 g/mol. The molecule has 0 amide bonds. The summed E-state index contributed by atoms with van der Waals surface area (Å²) in [4.78, 5) is 13.4. The molecule has 1 aliphatic heterocycles. The molecule has 1 atom stereocenters. The van der Waals surface area contributed by atoms with Crippen molar-refractivity contribution in [2.45, 2.75) is 38.4 Å². The number of nitrogen functional groups attached to an aromatic ring is 1. The van der Waals surface area contributed by atoms with Crippen LogP contribution in [0.2, 0.25) is 0 Å². The number of anilines is 1. The largest absolute Gasteiger partial charge is 0.384 e. The van der Waals surface area contributed by atoms with Crippen molar-refractivity contribution in [3.8, 4) is 0 Å². The van der Waals surface area contributed by atoms with Crippen LogP contribution in [-0.2, 0) is 13.1 Å². The van der Waals surface area contributed by atoms with E-state index in [9.17, 15) is 0 Å². The molecule has 2 aromatic rings. The maximum absolute atomic E-state index is 5.73. The van der Waals surface area contributed by atoms with Crippen molar-refractivity contribution < 1.29 is 0 Å². The quantitative estimate of drug-likeness (QED) is 0.885. The summed E-state index contributed by atoms with van der Waals surface area (Å²) < 4.78 is 3.94. The molecule has 1 unspecified atom stereocenters. The highest BCUT2D eigenvalue weighted by molar-refractivity contribution is 7.03. The zero-order valence-corrected chi connectivity index (χ0v) is 14.2.